The van der Waals surface area contributed by atoms with Gasteiger partial charge in [0.15, 0.2) is 3.95 Å². The highest BCUT2D eigenvalue weighted by molar-refractivity contribution is 7.73. The summed E-state index contributed by atoms with van der Waals surface area (Å²) in [6.07, 6.45) is 0. The molecule has 0 aliphatic carbocycles. The first-order chi connectivity index (χ1) is 10.5. The van der Waals surface area contributed by atoms with Gasteiger partial charge >= 0.3 is 0 Å². The molecule has 1 heterocycles. The highest BCUT2D eigenvalue weighted by Crippen LogP contribution is 2.24. The number of ether oxygens (including phenoxy) is 1. The molecule has 1 aromatic carbocycles. The van der Waals surface area contributed by atoms with Crippen LogP contribution in [-0.2, 0) is 0 Å². The van der Waals surface area contributed by atoms with E-state index in [1.165, 1.54) is 0 Å². The van der Waals surface area contributed by atoms with Gasteiger partial charge in [0.25, 0.3) is 0 Å². The Balaban J connectivity index is 0.000000541. The number of fused-ring (bicyclic) bond motifs is 1. The molecule has 5 heteroatoms. The van der Waals surface area contributed by atoms with E-state index < -0.39 is 0 Å². The molecule has 0 aliphatic heterocycles. The second-order valence-corrected chi connectivity index (χ2v) is 7.50. The summed E-state index contributed by atoms with van der Waals surface area (Å²) in [5.74, 6) is 1.75. The number of benzene rings is 1. The maximum Gasteiger partial charge on any atom is 0.159 e. The van der Waals surface area contributed by atoms with E-state index >= 15 is 0 Å². The second kappa shape index (κ2) is 9.98. The summed E-state index contributed by atoms with van der Waals surface area (Å²) in [6.45, 7) is 14.7. The van der Waals surface area contributed by atoms with Gasteiger partial charge in [0.2, 0.25) is 0 Å². The molecule has 22 heavy (non-hydrogen) atoms. The molecule has 0 radical (unpaired) electrons. The van der Waals surface area contributed by atoms with Crippen LogP contribution in [0.4, 0.5) is 0 Å². The molecule has 124 valence electrons. The van der Waals surface area contributed by atoms with Crippen LogP contribution in [0, 0.1) is 9.87 Å². The Kier molecular flexibility index (Phi) is 8.68. The first-order valence-corrected chi connectivity index (χ1v) is 9.16. The van der Waals surface area contributed by atoms with Gasteiger partial charge in [-0.05, 0) is 49.4 Å². The molecule has 0 unspecified atom stereocenters. The SMILES string of the molecule is CC(C)C.CCN(CC)CCOc1ccc2[nH]c(=S)sc2c1. The normalized spacial score (nSPS) is 10.9. The van der Waals surface area contributed by atoms with Gasteiger partial charge in [0, 0.05) is 6.54 Å². The van der Waals surface area contributed by atoms with Crippen LogP contribution < -0.4 is 4.74 Å². The number of hydrogen-bond acceptors (Lipinski definition) is 4. The van der Waals surface area contributed by atoms with Gasteiger partial charge in [0.05, 0.1) is 10.2 Å². The van der Waals surface area contributed by atoms with Gasteiger partial charge in [-0.15, -0.1) is 11.3 Å². The average molecular weight is 341 g/mol. The lowest BCUT2D eigenvalue weighted by atomic mass is 10.3. The fourth-order valence-electron chi connectivity index (χ4n) is 1.85. The zero-order chi connectivity index (χ0) is 16.5. The average Bonchev–Trinajstić information content (AvgIpc) is 2.82. The quantitative estimate of drug-likeness (QED) is 0.719. The summed E-state index contributed by atoms with van der Waals surface area (Å²) >= 11 is 6.71. The van der Waals surface area contributed by atoms with Crippen LogP contribution in [0.25, 0.3) is 10.2 Å². The number of thiazole rings is 1. The van der Waals surface area contributed by atoms with Crippen molar-refractivity contribution in [1.82, 2.24) is 9.88 Å². The Morgan fingerprint density at radius 3 is 2.45 bits per heavy atom. The zero-order valence-electron chi connectivity index (χ0n) is 14.3. The van der Waals surface area contributed by atoms with Gasteiger partial charge in [-0.2, -0.15) is 0 Å². The zero-order valence-corrected chi connectivity index (χ0v) is 15.9. The molecule has 1 N–H and O–H groups in total. The van der Waals surface area contributed by atoms with E-state index in [2.05, 4.69) is 50.6 Å². The van der Waals surface area contributed by atoms with Gasteiger partial charge < -0.3 is 14.6 Å². The van der Waals surface area contributed by atoms with Crippen LogP contribution in [0.3, 0.4) is 0 Å². The van der Waals surface area contributed by atoms with Gasteiger partial charge in [-0.25, -0.2) is 0 Å². The molecule has 0 aliphatic rings. The lowest BCUT2D eigenvalue weighted by Gasteiger charge is -2.17. The van der Waals surface area contributed by atoms with Gasteiger partial charge in [-0.3, -0.25) is 0 Å². The lowest BCUT2D eigenvalue weighted by molar-refractivity contribution is 0.223. The van der Waals surface area contributed by atoms with E-state index in [-0.39, 0.29) is 0 Å². The third kappa shape index (κ3) is 6.90. The molecular formula is C17H28N2OS2. The number of H-pyrrole nitrogens is 1. The molecule has 0 fully saturated rings. The topological polar surface area (TPSA) is 28.3 Å². The molecule has 0 spiro atoms. The minimum absolute atomic E-state index is 0.725. The Hall–Kier alpha value is -0.910. The van der Waals surface area contributed by atoms with E-state index in [1.807, 2.05) is 12.1 Å². The third-order valence-corrected chi connectivity index (χ3v) is 4.16. The smallest absolute Gasteiger partial charge is 0.159 e. The largest absolute Gasteiger partial charge is 0.492 e. The van der Waals surface area contributed by atoms with Crippen molar-refractivity contribution >= 4 is 33.8 Å². The Bertz CT molecular complexity index is 597. The molecule has 0 saturated carbocycles. The van der Waals surface area contributed by atoms with E-state index in [4.69, 9.17) is 17.0 Å². The van der Waals surface area contributed by atoms with Gasteiger partial charge in [-0.1, -0.05) is 34.6 Å². The first kappa shape index (κ1) is 19.1. The fourth-order valence-corrected chi connectivity index (χ4v) is 2.99. The minimum atomic E-state index is 0.725. The van der Waals surface area contributed by atoms with E-state index in [9.17, 15) is 0 Å². The molecule has 3 nitrogen and oxygen atoms in total. The maximum absolute atomic E-state index is 5.77. The van der Waals surface area contributed by atoms with E-state index in [0.29, 0.717) is 0 Å². The van der Waals surface area contributed by atoms with E-state index in [0.717, 1.165) is 52.1 Å². The van der Waals surface area contributed by atoms with Crippen LogP contribution in [0.1, 0.15) is 34.6 Å². The molecule has 0 amide bonds. The number of hydrogen-bond donors (Lipinski definition) is 1. The number of nitrogens with zero attached hydrogens (tertiary/aromatic N) is 1. The third-order valence-electron chi connectivity index (χ3n) is 2.96. The number of aromatic nitrogens is 1. The van der Waals surface area contributed by atoms with Crippen LogP contribution in [-0.4, -0.2) is 36.1 Å². The van der Waals surface area contributed by atoms with E-state index in [1.54, 1.807) is 11.3 Å². The maximum atomic E-state index is 5.77. The van der Waals surface area contributed by atoms with Crippen molar-refractivity contribution in [3.63, 3.8) is 0 Å². The molecule has 0 saturated heterocycles. The Labute approximate surface area is 143 Å². The summed E-state index contributed by atoms with van der Waals surface area (Å²) in [5.41, 5.74) is 1.08. The fraction of sp³-hybridized carbons (Fsp3) is 0.588. The summed E-state index contributed by atoms with van der Waals surface area (Å²) in [4.78, 5) is 5.49. The van der Waals surface area contributed by atoms with Crippen molar-refractivity contribution in [3.8, 4) is 5.75 Å². The minimum Gasteiger partial charge on any atom is -0.492 e. The number of aromatic amines is 1. The summed E-state index contributed by atoms with van der Waals surface area (Å²) < 4.78 is 7.74. The molecule has 2 aromatic rings. The number of likely N-dealkylation sites (N-methyl/N-ethyl adjacent to an activating group) is 1. The highest BCUT2D eigenvalue weighted by atomic mass is 32.1. The number of rotatable bonds is 6. The molecule has 2 rings (SSSR count). The molecule has 1 aromatic heterocycles. The van der Waals surface area contributed by atoms with Gasteiger partial charge in [0.1, 0.15) is 12.4 Å². The summed E-state index contributed by atoms with van der Waals surface area (Å²) in [6, 6.07) is 6.06. The number of nitrogens with one attached hydrogen (secondary N) is 1. The van der Waals surface area contributed by atoms with Crippen molar-refractivity contribution in [2.45, 2.75) is 34.6 Å². The standard InChI is InChI=1S/C13H18N2OS2.C4H10/c1-3-15(4-2)7-8-16-10-5-6-11-12(9-10)18-13(17)14-11;1-4(2)3/h5-6,9H,3-4,7-8H2,1-2H3,(H,14,17);4H,1-3H3. The van der Waals surface area contributed by atoms with Crippen molar-refractivity contribution in [3.05, 3.63) is 22.2 Å². The highest BCUT2D eigenvalue weighted by Gasteiger charge is 2.02. The molecule has 0 atom stereocenters. The summed E-state index contributed by atoms with van der Waals surface area (Å²) in [5, 5.41) is 0. The van der Waals surface area contributed by atoms with Crippen LogP contribution in [0.5, 0.6) is 5.75 Å². The first-order valence-electron chi connectivity index (χ1n) is 7.94. The van der Waals surface area contributed by atoms with Crippen molar-refractivity contribution < 1.29 is 4.74 Å². The van der Waals surface area contributed by atoms with Crippen molar-refractivity contribution in [1.29, 1.82) is 0 Å². The van der Waals surface area contributed by atoms with Crippen LogP contribution in [0.2, 0.25) is 0 Å². The van der Waals surface area contributed by atoms with Crippen molar-refractivity contribution in [2.75, 3.05) is 26.2 Å². The predicted molar refractivity (Wildman–Crippen MR) is 101 cm³/mol. The lowest BCUT2D eigenvalue weighted by Crippen LogP contribution is -2.27. The monoisotopic (exact) mass is 340 g/mol. The molecule has 0 bridgehead atoms. The molecular weight excluding hydrogens is 312 g/mol. The predicted octanol–water partition coefficient (Wildman–Crippen LogP) is 5.34. The van der Waals surface area contributed by atoms with Crippen LogP contribution in [0.15, 0.2) is 18.2 Å². The van der Waals surface area contributed by atoms with Crippen LogP contribution >= 0.6 is 23.6 Å². The summed E-state index contributed by atoms with van der Waals surface area (Å²) in [7, 11) is 0. The van der Waals surface area contributed by atoms with Crippen molar-refractivity contribution in [2.24, 2.45) is 5.92 Å². The Morgan fingerprint density at radius 2 is 1.86 bits per heavy atom. The Morgan fingerprint density at radius 1 is 1.23 bits per heavy atom. The second-order valence-electron chi connectivity index (χ2n) is 5.78.